The monoisotopic (exact) mass is 732 g/mol. The van der Waals surface area contributed by atoms with Crippen molar-refractivity contribution in [3.63, 3.8) is 0 Å². The van der Waals surface area contributed by atoms with Crippen LogP contribution in [0.2, 0.25) is 0 Å². The number of fused-ring (bicyclic) bond motifs is 9. The van der Waals surface area contributed by atoms with Gasteiger partial charge in [0, 0.05) is 79.8 Å². The summed E-state index contributed by atoms with van der Waals surface area (Å²) >= 11 is 5.72. The van der Waals surface area contributed by atoms with Crippen molar-refractivity contribution in [3.8, 4) is 0 Å². The summed E-state index contributed by atoms with van der Waals surface area (Å²) in [6.07, 6.45) is 5.76. The van der Waals surface area contributed by atoms with Crippen LogP contribution in [0.1, 0.15) is 10.4 Å². The zero-order chi connectivity index (χ0) is 34.9. The van der Waals surface area contributed by atoms with Crippen molar-refractivity contribution in [1.29, 1.82) is 0 Å². The van der Waals surface area contributed by atoms with E-state index in [2.05, 4.69) is 186 Å². The number of para-hydroxylation sites is 2. The molecule has 252 valence electrons. The lowest BCUT2D eigenvalue weighted by Gasteiger charge is -2.34. The van der Waals surface area contributed by atoms with Gasteiger partial charge in [-0.2, -0.15) is 0 Å². The summed E-state index contributed by atoms with van der Waals surface area (Å²) in [5.74, 6) is 0. The van der Waals surface area contributed by atoms with E-state index in [9.17, 15) is 0 Å². The summed E-state index contributed by atoms with van der Waals surface area (Å²) < 4.78 is 6.64. The summed E-state index contributed by atoms with van der Waals surface area (Å²) in [5, 5.41) is 6.63. The van der Waals surface area contributed by atoms with Gasteiger partial charge in [0.15, 0.2) is 0 Å². The number of rotatable bonds is 6. The number of benzene rings is 7. The molecule has 1 atom stereocenters. The molecule has 5 heteroatoms. The van der Waals surface area contributed by atoms with Gasteiger partial charge in [-0.3, -0.25) is 0 Å². The molecule has 0 fully saturated rings. The zero-order valence-electron chi connectivity index (χ0n) is 28.6. The molecule has 0 saturated heterocycles. The van der Waals surface area contributed by atoms with Crippen molar-refractivity contribution in [2.24, 2.45) is 0 Å². The molecule has 10 aromatic rings. The standard InChI is InChI=1S/C48H32N2S3/c1-3-12-31(13-4-1)50(32-14-5-2-6-15-32)42-19-11-18-40-39-26-23-35(30-47(39)53-48(40)42)49(33-24-27-45-41(28-33)37-17-8-10-21-44(37)51-45)34-22-25-38-36-16-7-9-20-43(36)52-46(38)29-34/h1-29,35H,30H2. The predicted molar refractivity (Wildman–Crippen MR) is 234 cm³/mol. The molecule has 1 aliphatic rings. The third-order valence-electron chi connectivity index (χ3n) is 10.6. The molecule has 0 aliphatic heterocycles. The van der Waals surface area contributed by atoms with E-state index in [1.54, 1.807) is 0 Å². The van der Waals surface area contributed by atoms with Gasteiger partial charge < -0.3 is 9.80 Å². The van der Waals surface area contributed by atoms with E-state index in [1.165, 1.54) is 77.9 Å². The number of nitrogens with zero attached hydrogens (tertiary/aromatic N) is 2. The van der Waals surface area contributed by atoms with E-state index < -0.39 is 0 Å². The Morgan fingerprint density at radius 3 is 1.77 bits per heavy atom. The van der Waals surface area contributed by atoms with Crippen LogP contribution in [-0.4, -0.2) is 6.04 Å². The van der Waals surface area contributed by atoms with Gasteiger partial charge in [-0.05, 0) is 78.4 Å². The first-order chi connectivity index (χ1) is 26.3. The molecule has 2 nitrogen and oxygen atoms in total. The minimum absolute atomic E-state index is 0.146. The second-order valence-corrected chi connectivity index (χ2v) is 16.9. The predicted octanol–water partition coefficient (Wildman–Crippen LogP) is 14.9. The Bertz CT molecular complexity index is 2970. The van der Waals surface area contributed by atoms with E-state index in [-0.39, 0.29) is 6.04 Å². The maximum absolute atomic E-state index is 2.58. The molecule has 1 unspecified atom stereocenters. The van der Waals surface area contributed by atoms with E-state index in [0.717, 1.165) is 17.8 Å². The third kappa shape index (κ3) is 5.11. The van der Waals surface area contributed by atoms with Crippen molar-refractivity contribution < 1.29 is 0 Å². The molecule has 0 radical (unpaired) electrons. The average molecular weight is 733 g/mol. The minimum atomic E-state index is 0.146. The van der Waals surface area contributed by atoms with Crippen LogP contribution >= 0.6 is 34.0 Å². The molecule has 0 N–H and O–H groups in total. The highest BCUT2D eigenvalue weighted by Crippen LogP contribution is 2.47. The van der Waals surface area contributed by atoms with E-state index >= 15 is 0 Å². The molecule has 0 bridgehead atoms. The van der Waals surface area contributed by atoms with Crippen molar-refractivity contribution >= 4 is 119 Å². The van der Waals surface area contributed by atoms with Gasteiger partial charge >= 0.3 is 0 Å². The lowest BCUT2D eigenvalue weighted by molar-refractivity contribution is 0.778. The number of thiophene rings is 3. The van der Waals surface area contributed by atoms with E-state index in [0.29, 0.717) is 0 Å². The molecule has 11 rings (SSSR count). The SMILES string of the molecule is C1=CC(N(c2ccc3c(c2)sc2ccccc23)c2ccc3sc4ccccc4c3c2)Cc2sc3c(N(c4ccccc4)c4ccccc4)cccc3c21. The molecular formula is C48H32N2S3. The lowest BCUT2D eigenvalue weighted by atomic mass is 9.96. The van der Waals surface area contributed by atoms with Crippen LogP contribution in [0.15, 0.2) is 170 Å². The van der Waals surface area contributed by atoms with Crippen molar-refractivity contribution in [2.75, 3.05) is 9.80 Å². The maximum atomic E-state index is 2.58. The summed E-state index contributed by atoms with van der Waals surface area (Å²) in [4.78, 5) is 6.41. The first kappa shape index (κ1) is 30.9. The highest BCUT2D eigenvalue weighted by Gasteiger charge is 2.28. The molecule has 0 amide bonds. The molecular weight excluding hydrogens is 701 g/mol. The Labute approximate surface area is 319 Å². The van der Waals surface area contributed by atoms with Gasteiger partial charge in [-0.1, -0.05) is 103 Å². The van der Waals surface area contributed by atoms with Crippen molar-refractivity contribution in [3.05, 3.63) is 180 Å². The Kier molecular flexibility index (Phi) is 7.25. The largest absolute Gasteiger partial charge is 0.334 e. The Morgan fingerprint density at radius 2 is 1.02 bits per heavy atom. The number of anilines is 5. The van der Waals surface area contributed by atoms with Gasteiger partial charge in [-0.15, -0.1) is 34.0 Å². The highest BCUT2D eigenvalue weighted by atomic mass is 32.1. The summed E-state index contributed by atoms with van der Waals surface area (Å²) in [6.45, 7) is 0. The zero-order valence-corrected chi connectivity index (χ0v) is 31.1. The molecule has 3 heterocycles. The number of hydrogen-bond donors (Lipinski definition) is 0. The van der Waals surface area contributed by atoms with Crippen LogP contribution in [0.25, 0.3) is 56.5 Å². The van der Waals surface area contributed by atoms with Crippen molar-refractivity contribution in [1.82, 2.24) is 0 Å². The lowest BCUT2D eigenvalue weighted by Crippen LogP contribution is -2.32. The summed E-state index contributed by atoms with van der Waals surface area (Å²) in [5.41, 5.74) is 7.33. The topological polar surface area (TPSA) is 6.48 Å². The van der Waals surface area contributed by atoms with Crippen LogP contribution in [0, 0.1) is 0 Å². The second-order valence-electron chi connectivity index (χ2n) is 13.7. The first-order valence-electron chi connectivity index (χ1n) is 18.0. The maximum Gasteiger partial charge on any atom is 0.0640 e. The Morgan fingerprint density at radius 1 is 0.434 bits per heavy atom. The van der Waals surface area contributed by atoms with E-state index in [4.69, 9.17) is 0 Å². The molecule has 0 saturated carbocycles. The van der Waals surface area contributed by atoms with Crippen molar-refractivity contribution in [2.45, 2.75) is 12.5 Å². The third-order valence-corrected chi connectivity index (χ3v) is 14.1. The Hall–Kier alpha value is -5.72. The normalized spacial score (nSPS) is 14.1. The molecule has 0 spiro atoms. The molecule has 53 heavy (non-hydrogen) atoms. The second kappa shape index (κ2) is 12.5. The quantitative estimate of drug-likeness (QED) is 0.168. The fourth-order valence-electron chi connectivity index (χ4n) is 8.17. The molecule has 7 aromatic carbocycles. The van der Waals surface area contributed by atoms with Gasteiger partial charge in [0.05, 0.1) is 16.4 Å². The minimum Gasteiger partial charge on any atom is -0.334 e. The summed E-state index contributed by atoms with van der Waals surface area (Å²) in [7, 11) is 0. The average Bonchev–Trinajstić information content (AvgIpc) is 3.90. The van der Waals surface area contributed by atoms with E-state index in [1.807, 2.05) is 34.0 Å². The van der Waals surface area contributed by atoms with Gasteiger partial charge in [0.1, 0.15) is 0 Å². The molecule has 3 aromatic heterocycles. The first-order valence-corrected chi connectivity index (χ1v) is 20.5. The van der Waals surface area contributed by atoms with Gasteiger partial charge in [0.25, 0.3) is 0 Å². The molecule has 1 aliphatic carbocycles. The van der Waals surface area contributed by atoms with Crippen LogP contribution in [0.3, 0.4) is 0 Å². The van der Waals surface area contributed by atoms with Crippen LogP contribution in [0.4, 0.5) is 28.4 Å². The van der Waals surface area contributed by atoms with Crippen LogP contribution in [-0.2, 0) is 6.42 Å². The van der Waals surface area contributed by atoms with Gasteiger partial charge in [0.2, 0.25) is 0 Å². The number of hydrogen-bond acceptors (Lipinski definition) is 5. The van der Waals surface area contributed by atoms with Crippen LogP contribution in [0.5, 0.6) is 0 Å². The fraction of sp³-hybridized carbons (Fsp3) is 0.0417. The Balaban J connectivity index is 1.06. The summed E-state index contributed by atoms with van der Waals surface area (Å²) in [6, 6.07) is 60.2. The van der Waals surface area contributed by atoms with Crippen LogP contribution < -0.4 is 9.80 Å². The fourth-order valence-corrected chi connectivity index (χ4v) is 11.7. The smallest absolute Gasteiger partial charge is 0.0640 e. The highest BCUT2D eigenvalue weighted by molar-refractivity contribution is 7.26. The van der Waals surface area contributed by atoms with Gasteiger partial charge in [-0.25, -0.2) is 0 Å².